The van der Waals surface area contributed by atoms with Crippen molar-refractivity contribution < 1.29 is 4.74 Å². The van der Waals surface area contributed by atoms with Gasteiger partial charge in [0.25, 0.3) is 0 Å². The van der Waals surface area contributed by atoms with Gasteiger partial charge in [-0.3, -0.25) is 0 Å². The van der Waals surface area contributed by atoms with E-state index < -0.39 is 0 Å². The highest BCUT2D eigenvalue weighted by Gasteiger charge is 2.06. The summed E-state index contributed by atoms with van der Waals surface area (Å²) in [5.74, 6) is 3.11. The number of aromatic nitrogens is 3. The van der Waals surface area contributed by atoms with Crippen molar-refractivity contribution in [2.24, 2.45) is 0 Å². The highest BCUT2D eigenvalue weighted by molar-refractivity contribution is 5.57. The molecule has 0 spiro atoms. The Balaban J connectivity index is 1.72. The molecule has 2 aromatic carbocycles. The Morgan fingerprint density at radius 1 is 0.692 bits per heavy atom. The van der Waals surface area contributed by atoms with Gasteiger partial charge in [-0.05, 0) is 50.2 Å². The zero-order chi connectivity index (χ0) is 18.2. The number of benzene rings is 2. The summed E-state index contributed by atoms with van der Waals surface area (Å²) in [6.07, 6.45) is 0. The maximum Gasteiger partial charge on any atom is 0.233 e. The first-order chi connectivity index (χ1) is 12.8. The molecule has 0 saturated carbocycles. The van der Waals surface area contributed by atoms with E-state index in [1.807, 2.05) is 68.4 Å². The van der Waals surface area contributed by atoms with Gasteiger partial charge in [0.1, 0.15) is 11.5 Å². The van der Waals surface area contributed by atoms with Crippen LogP contribution in [0, 0.1) is 0 Å². The SMILES string of the molecule is CCNc1nc(NCC)nc(Nc2ccc(Oc3ccccc3)cc2)n1. The van der Waals surface area contributed by atoms with E-state index >= 15 is 0 Å². The Kier molecular flexibility index (Phi) is 5.82. The number of anilines is 4. The first-order valence-corrected chi connectivity index (χ1v) is 8.60. The molecule has 0 unspecified atom stereocenters. The Labute approximate surface area is 152 Å². The summed E-state index contributed by atoms with van der Waals surface area (Å²) in [5, 5.41) is 9.41. The second kappa shape index (κ2) is 8.66. The Hall–Kier alpha value is -3.35. The highest BCUT2D eigenvalue weighted by Crippen LogP contribution is 2.24. The summed E-state index contributed by atoms with van der Waals surface area (Å²) < 4.78 is 5.80. The van der Waals surface area contributed by atoms with E-state index in [4.69, 9.17) is 4.74 Å². The van der Waals surface area contributed by atoms with E-state index in [0.717, 1.165) is 30.3 Å². The summed E-state index contributed by atoms with van der Waals surface area (Å²) >= 11 is 0. The van der Waals surface area contributed by atoms with Gasteiger partial charge in [0.05, 0.1) is 0 Å². The fourth-order valence-corrected chi connectivity index (χ4v) is 2.27. The maximum atomic E-state index is 5.80. The van der Waals surface area contributed by atoms with Crippen LogP contribution in [0.25, 0.3) is 0 Å². The van der Waals surface area contributed by atoms with Gasteiger partial charge < -0.3 is 20.7 Å². The molecule has 0 fully saturated rings. The van der Waals surface area contributed by atoms with Crippen molar-refractivity contribution in [3.63, 3.8) is 0 Å². The minimum absolute atomic E-state index is 0.476. The summed E-state index contributed by atoms with van der Waals surface area (Å²) in [7, 11) is 0. The Bertz CT molecular complexity index is 799. The fourth-order valence-electron chi connectivity index (χ4n) is 2.27. The molecule has 0 amide bonds. The van der Waals surface area contributed by atoms with Crippen LogP contribution in [0.3, 0.4) is 0 Å². The molecule has 0 aliphatic heterocycles. The zero-order valence-electron chi connectivity index (χ0n) is 14.9. The molecule has 0 bridgehead atoms. The molecule has 1 aromatic heterocycles. The monoisotopic (exact) mass is 350 g/mol. The molecular formula is C19H22N6O. The lowest BCUT2D eigenvalue weighted by Gasteiger charge is -2.10. The minimum Gasteiger partial charge on any atom is -0.457 e. The number of hydrogen-bond acceptors (Lipinski definition) is 7. The molecule has 3 rings (SSSR count). The van der Waals surface area contributed by atoms with Crippen LogP contribution < -0.4 is 20.7 Å². The van der Waals surface area contributed by atoms with Crippen molar-refractivity contribution >= 4 is 23.5 Å². The normalized spacial score (nSPS) is 10.2. The van der Waals surface area contributed by atoms with E-state index in [1.165, 1.54) is 0 Å². The largest absolute Gasteiger partial charge is 0.457 e. The third kappa shape index (κ3) is 4.83. The first kappa shape index (κ1) is 17.5. The summed E-state index contributed by atoms with van der Waals surface area (Å²) in [4.78, 5) is 13.1. The standard InChI is InChI=1S/C19H22N6O/c1-3-20-17-23-18(21-4-2)25-19(24-17)22-14-10-12-16(13-11-14)26-15-8-6-5-7-9-15/h5-13H,3-4H2,1-2H3,(H3,20,21,22,23,24,25). The van der Waals surface area contributed by atoms with Crippen LogP contribution in [-0.2, 0) is 0 Å². The van der Waals surface area contributed by atoms with Gasteiger partial charge >= 0.3 is 0 Å². The lowest BCUT2D eigenvalue weighted by molar-refractivity contribution is 0.483. The van der Waals surface area contributed by atoms with Crippen molar-refractivity contribution in [3.8, 4) is 11.5 Å². The molecule has 0 radical (unpaired) electrons. The van der Waals surface area contributed by atoms with Crippen LogP contribution in [0.2, 0.25) is 0 Å². The van der Waals surface area contributed by atoms with E-state index in [9.17, 15) is 0 Å². The predicted octanol–water partition coefficient (Wildman–Crippen LogP) is 4.27. The van der Waals surface area contributed by atoms with Crippen LogP contribution in [0.1, 0.15) is 13.8 Å². The van der Waals surface area contributed by atoms with Crippen LogP contribution in [0.4, 0.5) is 23.5 Å². The van der Waals surface area contributed by atoms with Crippen molar-refractivity contribution in [2.45, 2.75) is 13.8 Å². The van der Waals surface area contributed by atoms with Crippen molar-refractivity contribution in [2.75, 3.05) is 29.0 Å². The van der Waals surface area contributed by atoms with Crippen molar-refractivity contribution in [1.82, 2.24) is 15.0 Å². The third-order valence-corrected chi connectivity index (χ3v) is 3.39. The number of ether oxygens (including phenoxy) is 1. The van der Waals surface area contributed by atoms with E-state index in [1.54, 1.807) is 0 Å². The molecule has 7 nitrogen and oxygen atoms in total. The van der Waals surface area contributed by atoms with Crippen LogP contribution >= 0.6 is 0 Å². The van der Waals surface area contributed by atoms with Crippen LogP contribution in [0.5, 0.6) is 11.5 Å². The molecule has 0 atom stereocenters. The van der Waals surface area contributed by atoms with Gasteiger partial charge in [-0.2, -0.15) is 15.0 Å². The molecule has 0 aliphatic rings. The lowest BCUT2D eigenvalue weighted by atomic mass is 10.3. The van der Waals surface area contributed by atoms with Crippen LogP contribution in [0.15, 0.2) is 54.6 Å². The smallest absolute Gasteiger partial charge is 0.233 e. The van der Waals surface area contributed by atoms with E-state index in [0.29, 0.717) is 17.8 Å². The topological polar surface area (TPSA) is 84.0 Å². The molecule has 0 aliphatic carbocycles. The van der Waals surface area contributed by atoms with Gasteiger partial charge in [-0.1, -0.05) is 18.2 Å². The number of para-hydroxylation sites is 1. The lowest BCUT2D eigenvalue weighted by Crippen LogP contribution is -2.10. The van der Waals surface area contributed by atoms with Gasteiger partial charge in [-0.25, -0.2) is 0 Å². The van der Waals surface area contributed by atoms with E-state index in [2.05, 4.69) is 30.9 Å². The number of rotatable bonds is 8. The molecule has 134 valence electrons. The molecular weight excluding hydrogens is 328 g/mol. The van der Waals surface area contributed by atoms with Crippen molar-refractivity contribution in [1.29, 1.82) is 0 Å². The maximum absolute atomic E-state index is 5.80. The van der Waals surface area contributed by atoms with Gasteiger partial charge in [0.2, 0.25) is 17.8 Å². The fraction of sp³-hybridized carbons (Fsp3) is 0.211. The van der Waals surface area contributed by atoms with Gasteiger partial charge in [0.15, 0.2) is 0 Å². The van der Waals surface area contributed by atoms with Gasteiger partial charge in [-0.15, -0.1) is 0 Å². The molecule has 1 heterocycles. The van der Waals surface area contributed by atoms with E-state index in [-0.39, 0.29) is 0 Å². The van der Waals surface area contributed by atoms with Crippen LogP contribution in [-0.4, -0.2) is 28.0 Å². The summed E-state index contributed by atoms with van der Waals surface area (Å²) in [6, 6.07) is 17.3. The molecule has 3 N–H and O–H groups in total. The minimum atomic E-state index is 0.476. The summed E-state index contributed by atoms with van der Waals surface area (Å²) in [6.45, 7) is 5.46. The van der Waals surface area contributed by atoms with Crippen molar-refractivity contribution in [3.05, 3.63) is 54.6 Å². The van der Waals surface area contributed by atoms with Gasteiger partial charge in [0, 0.05) is 18.8 Å². The highest BCUT2D eigenvalue weighted by atomic mass is 16.5. The predicted molar refractivity (Wildman–Crippen MR) is 104 cm³/mol. The molecule has 0 saturated heterocycles. The first-order valence-electron chi connectivity index (χ1n) is 8.60. The molecule has 7 heteroatoms. The Morgan fingerprint density at radius 3 is 1.81 bits per heavy atom. The molecule has 26 heavy (non-hydrogen) atoms. The Morgan fingerprint density at radius 2 is 1.23 bits per heavy atom. The zero-order valence-corrected chi connectivity index (χ0v) is 14.9. The number of hydrogen-bond donors (Lipinski definition) is 3. The third-order valence-electron chi connectivity index (χ3n) is 3.39. The molecule has 3 aromatic rings. The number of nitrogens with zero attached hydrogens (tertiary/aromatic N) is 3. The quantitative estimate of drug-likeness (QED) is 0.559. The second-order valence-corrected chi connectivity index (χ2v) is 5.43. The summed E-state index contributed by atoms with van der Waals surface area (Å²) in [5.41, 5.74) is 0.863. The number of nitrogens with one attached hydrogen (secondary N) is 3. The average Bonchev–Trinajstić information content (AvgIpc) is 2.65. The second-order valence-electron chi connectivity index (χ2n) is 5.43. The average molecular weight is 350 g/mol.